The van der Waals surface area contributed by atoms with E-state index in [9.17, 15) is 19.2 Å². The first-order valence-corrected chi connectivity index (χ1v) is 9.83. The predicted octanol–water partition coefficient (Wildman–Crippen LogP) is 1.24. The minimum atomic E-state index is -1.05. The van der Waals surface area contributed by atoms with Crippen LogP contribution in [0.25, 0.3) is 0 Å². The second-order valence-electron chi connectivity index (χ2n) is 8.33. The van der Waals surface area contributed by atoms with Gasteiger partial charge in [0.25, 0.3) is 11.8 Å². The molecular weight excluding hydrogens is 378 g/mol. The van der Waals surface area contributed by atoms with Gasteiger partial charge in [-0.25, -0.2) is 5.43 Å². The van der Waals surface area contributed by atoms with Gasteiger partial charge in [-0.2, -0.15) is 0 Å². The summed E-state index contributed by atoms with van der Waals surface area (Å²) in [4.78, 5) is 48.9. The lowest BCUT2D eigenvalue weighted by Gasteiger charge is -2.34. The van der Waals surface area contributed by atoms with E-state index in [1.165, 1.54) is 11.9 Å². The zero-order valence-corrected chi connectivity index (χ0v) is 17.9. The van der Waals surface area contributed by atoms with Crippen molar-refractivity contribution in [3.8, 4) is 0 Å². The number of esters is 1. The number of rotatable bonds is 9. The third kappa shape index (κ3) is 6.85. The van der Waals surface area contributed by atoms with Crippen molar-refractivity contribution in [2.45, 2.75) is 72.1 Å². The zero-order valence-electron chi connectivity index (χ0n) is 17.9. The molecule has 164 valence electrons. The Morgan fingerprint density at radius 1 is 1.31 bits per heavy atom. The van der Waals surface area contributed by atoms with Gasteiger partial charge in [0.05, 0.1) is 5.41 Å². The Labute approximate surface area is 171 Å². The van der Waals surface area contributed by atoms with Crippen molar-refractivity contribution in [2.24, 2.45) is 11.3 Å². The van der Waals surface area contributed by atoms with Gasteiger partial charge in [-0.05, 0) is 46.0 Å². The van der Waals surface area contributed by atoms with E-state index < -0.39 is 47.4 Å². The quantitative estimate of drug-likeness (QED) is 0.385. The minimum absolute atomic E-state index is 0.301. The van der Waals surface area contributed by atoms with Gasteiger partial charge in [-0.1, -0.05) is 19.9 Å². The van der Waals surface area contributed by atoms with Crippen LogP contribution in [0.5, 0.6) is 0 Å². The molecule has 0 aromatic carbocycles. The average Bonchev–Trinajstić information content (AvgIpc) is 2.64. The number of ether oxygens (including phenoxy) is 1. The summed E-state index contributed by atoms with van der Waals surface area (Å²) >= 11 is 0. The maximum atomic E-state index is 12.7. The summed E-state index contributed by atoms with van der Waals surface area (Å²) in [5, 5.41) is 12.9. The molecular formula is C20H33N3O6. The van der Waals surface area contributed by atoms with Gasteiger partial charge < -0.3 is 15.2 Å². The number of carboxylic acid groups (broad SMARTS) is 1. The number of amides is 2. The average molecular weight is 411 g/mol. The summed E-state index contributed by atoms with van der Waals surface area (Å²) in [6.45, 7) is 12.4. The van der Waals surface area contributed by atoms with Crippen molar-refractivity contribution in [1.29, 1.82) is 0 Å². The summed E-state index contributed by atoms with van der Waals surface area (Å²) in [5.41, 5.74) is 1.84. The molecule has 1 unspecified atom stereocenters. The predicted molar refractivity (Wildman–Crippen MR) is 106 cm³/mol. The molecule has 1 fully saturated rings. The molecule has 1 aliphatic rings. The molecule has 1 aliphatic heterocycles. The van der Waals surface area contributed by atoms with Crippen LogP contribution in [0.2, 0.25) is 0 Å². The van der Waals surface area contributed by atoms with Crippen molar-refractivity contribution in [3.63, 3.8) is 0 Å². The highest BCUT2D eigenvalue weighted by atomic mass is 16.5. The van der Waals surface area contributed by atoms with Crippen molar-refractivity contribution in [2.75, 3.05) is 6.54 Å². The molecule has 1 saturated heterocycles. The van der Waals surface area contributed by atoms with E-state index in [1.807, 2.05) is 0 Å². The van der Waals surface area contributed by atoms with Crippen molar-refractivity contribution in [3.05, 3.63) is 12.7 Å². The highest BCUT2D eigenvalue weighted by molar-refractivity contribution is 5.90. The number of aliphatic carboxylic acids is 1. The molecule has 0 aromatic heterocycles. The van der Waals surface area contributed by atoms with Crippen LogP contribution in [-0.4, -0.2) is 58.6 Å². The number of hydrogen-bond acceptors (Lipinski definition) is 6. The van der Waals surface area contributed by atoms with Gasteiger partial charge in [0.1, 0.15) is 12.1 Å². The fourth-order valence-electron chi connectivity index (χ4n) is 2.93. The standard InChI is InChI=1S/C20H33N3O6/c1-7-10-20(5,6)19(28)29-15(12(2)3)16(24)21-13(4)17(25)23-11-8-9-14(22-23)18(26)27/h7,12-15,22H,1,8-11H2,2-6H3,(H,21,24)(H,26,27)/t13?,14-,15-/m0/s1. The normalized spacial score (nSPS) is 19.2. The number of nitrogens with zero attached hydrogens (tertiary/aromatic N) is 1. The molecule has 3 N–H and O–H groups in total. The maximum Gasteiger partial charge on any atom is 0.322 e. The zero-order chi connectivity index (χ0) is 22.4. The van der Waals surface area contributed by atoms with Crippen LogP contribution in [0.1, 0.15) is 53.9 Å². The van der Waals surface area contributed by atoms with E-state index in [4.69, 9.17) is 9.84 Å². The molecule has 0 spiro atoms. The minimum Gasteiger partial charge on any atom is -0.480 e. The van der Waals surface area contributed by atoms with E-state index in [-0.39, 0.29) is 5.92 Å². The second kappa shape index (κ2) is 10.4. The Hall–Kier alpha value is -2.42. The summed E-state index contributed by atoms with van der Waals surface area (Å²) in [7, 11) is 0. The number of hydrazine groups is 1. The molecule has 0 radical (unpaired) electrons. The lowest BCUT2D eigenvalue weighted by atomic mass is 9.89. The molecule has 2 amide bonds. The fraction of sp³-hybridized carbons (Fsp3) is 0.700. The second-order valence-corrected chi connectivity index (χ2v) is 8.33. The SMILES string of the molecule is C=CCC(C)(C)C(=O)O[C@H](C(=O)NC(C)C(=O)N1CCC[C@@H](C(=O)O)N1)C(C)C. The third-order valence-corrected chi connectivity index (χ3v) is 4.78. The Morgan fingerprint density at radius 3 is 2.45 bits per heavy atom. The fourth-order valence-corrected chi connectivity index (χ4v) is 2.93. The summed E-state index contributed by atoms with van der Waals surface area (Å²) in [5.74, 6) is -2.88. The number of nitrogens with one attached hydrogen (secondary N) is 2. The lowest BCUT2D eigenvalue weighted by Crippen LogP contribution is -2.60. The van der Waals surface area contributed by atoms with Crippen LogP contribution in [0, 0.1) is 11.3 Å². The van der Waals surface area contributed by atoms with E-state index >= 15 is 0 Å². The third-order valence-electron chi connectivity index (χ3n) is 4.78. The number of hydrogen-bond donors (Lipinski definition) is 3. The van der Waals surface area contributed by atoms with E-state index in [2.05, 4.69) is 17.3 Å². The molecule has 0 saturated carbocycles. The van der Waals surface area contributed by atoms with Crippen molar-refractivity contribution < 1.29 is 29.0 Å². The smallest absolute Gasteiger partial charge is 0.322 e. The van der Waals surface area contributed by atoms with Crippen LogP contribution < -0.4 is 10.7 Å². The van der Waals surface area contributed by atoms with E-state index in [0.717, 1.165) is 0 Å². The van der Waals surface area contributed by atoms with Gasteiger partial charge in [-0.15, -0.1) is 6.58 Å². The first-order chi connectivity index (χ1) is 13.4. The topological polar surface area (TPSA) is 125 Å². The summed E-state index contributed by atoms with van der Waals surface area (Å²) in [6, 6.07) is -1.75. The van der Waals surface area contributed by atoms with Crippen LogP contribution in [0.15, 0.2) is 12.7 Å². The highest BCUT2D eigenvalue weighted by Gasteiger charge is 2.36. The Morgan fingerprint density at radius 2 is 1.93 bits per heavy atom. The molecule has 1 rings (SSSR count). The number of carboxylic acids is 1. The first-order valence-electron chi connectivity index (χ1n) is 9.83. The van der Waals surface area contributed by atoms with Crippen molar-refractivity contribution >= 4 is 23.8 Å². The Bertz CT molecular complexity index is 646. The number of carbonyl (C=O) groups excluding carboxylic acids is 3. The van der Waals surface area contributed by atoms with Crippen LogP contribution in [-0.2, 0) is 23.9 Å². The van der Waals surface area contributed by atoms with E-state index in [0.29, 0.717) is 25.8 Å². The number of allylic oxidation sites excluding steroid dienone is 1. The molecule has 3 atom stereocenters. The van der Waals surface area contributed by atoms with Gasteiger partial charge in [0.15, 0.2) is 6.10 Å². The molecule has 0 aliphatic carbocycles. The van der Waals surface area contributed by atoms with Crippen molar-refractivity contribution in [1.82, 2.24) is 15.8 Å². The molecule has 0 bridgehead atoms. The van der Waals surface area contributed by atoms with Crippen LogP contribution >= 0.6 is 0 Å². The summed E-state index contributed by atoms with van der Waals surface area (Å²) in [6.07, 6.45) is 1.93. The summed E-state index contributed by atoms with van der Waals surface area (Å²) < 4.78 is 5.45. The molecule has 9 heteroatoms. The monoisotopic (exact) mass is 411 g/mol. The Kier molecular flexibility index (Phi) is 8.81. The Balaban J connectivity index is 2.76. The lowest BCUT2D eigenvalue weighted by molar-refractivity contribution is -0.167. The molecule has 29 heavy (non-hydrogen) atoms. The largest absolute Gasteiger partial charge is 0.480 e. The van der Waals surface area contributed by atoms with Gasteiger partial charge in [0.2, 0.25) is 0 Å². The van der Waals surface area contributed by atoms with Gasteiger partial charge in [0, 0.05) is 6.54 Å². The molecule has 9 nitrogen and oxygen atoms in total. The van der Waals surface area contributed by atoms with Gasteiger partial charge >= 0.3 is 11.9 Å². The molecule has 0 aromatic rings. The maximum absolute atomic E-state index is 12.7. The van der Waals surface area contributed by atoms with Gasteiger partial charge in [-0.3, -0.25) is 24.2 Å². The first kappa shape index (κ1) is 24.6. The molecule has 1 heterocycles. The highest BCUT2D eigenvalue weighted by Crippen LogP contribution is 2.24. The van der Waals surface area contributed by atoms with Crippen LogP contribution in [0.4, 0.5) is 0 Å². The van der Waals surface area contributed by atoms with Crippen LogP contribution in [0.3, 0.4) is 0 Å². The number of carbonyl (C=O) groups is 4. The van der Waals surface area contributed by atoms with E-state index in [1.54, 1.807) is 33.8 Å².